The van der Waals surface area contributed by atoms with Crippen LogP contribution in [0.5, 0.6) is 0 Å². The van der Waals surface area contributed by atoms with Crippen molar-refractivity contribution in [3.05, 3.63) is 29.3 Å². The smallest absolute Gasteiger partial charge is 0.0347 e. The first-order chi connectivity index (χ1) is 6.32. The van der Waals surface area contributed by atoms with Gasteiger partial charge in [-0.15, -0.1) is 0 Å². The Labute approximate surface area is 86.3 Å². The minimum absolute atomic E-state index is 0.0328. The molecule has 1 atom stereocenters. The molecule has 78 valence electrons. The van der Waals surface area contributed by atoms with E-state index in [0.717, 1.165) is 16.8 Å². The summed E-state index contributed by atoms with van der Waals surface area (Å²) in [5.41, 5.74) is 15.1. The van der Waals surface area contributed by atoms with Crippen LogP contribution in [0.15, 0.2) is 18.2 Å². The molecule has 0 amide bonds. The molecule has 0 fully saturated rings. The summed E-state index contributed by atoms with van der Waals surface area (Å²) in [7, 11) is 0. The second-order valence-corrected chi connectivity index (χ2v) is 4.96. The van der Waals surface area contributed by atoms with E-state index < -0.39 is 0 Å². The number of benzene rings is 1. The molecule has 1 aromatic rings. The Morgan fingerprint density at radius 2 is 1.79 bits per heavy atom. The second-order valence-electron chi connectivity index (χ2n) is 4.96. The monoisotopic (exact) mass is 192 g/mol. The zero-order valence-electron chi connectivity index (χ0n) is 9.46. The van der Waals surface area contributed by atoms with Crippen molar-refractivity contribution in [3.63, 3.8) is 0 Å². The quantitative estimate of drug-likeness (QED) is 0.672. The zero-order chi connectivity index (χ0) is 10.9. The molecule has 14 heavy (non-hydrogen) atoms. The van der Waals surface area contributed by atoms with Crippen molar-refractivity contribution < 1.29 is 0 Å². The number of nitrogen functional groups attached to an aromatic ring is 1. The highest BCUT2D eigenvalue weighted by atomic mass is 14.7. The number of rotatable bonds is 1. The summed E-state index contributed by atoms with van der Waals surface area (Å²) < 4.78 is 0. The standard InChI is InChI=1S/C12H20N2/c1-8-5-6-9(7-10(8)13)11(14)12(2,3)4/h5-7,11H,13-14H2,1-4H3. The van der Waals surface area contributed by atoms with Crippen LogP contribution in [0.1, 0.15) is 37.9 Å². The van der Waals surface area contributed by atoms with Crippen molar-refractivity contribution in [3.8, 4) is 0 Å². The lowest BCUT2D eigenvalue weighted by Gasteiger charge is -2.27. The van der Waals surface area contributed by atoms with Crippen molar-refractivity contribution >= 4 is 5.69 Å². The molecule has 0 heterocycles. The van der Waals surface area contributed by atoms with Crippen LogP contribution in [0.4, 0.5) is 5.69 Å². The summed E-state index contributed by atoms with van der Waals surface area (Å²) in [6.45, 7) is 8.40. The van der Waals surface area contributed by atoms with Crippen LogP contribution < -0.4 is 11.5 Å². The van der Waals surface area contributed by atoms with Crippen molar-refractivity contribution in [1.29, 1.82) is 0 Å². The van der Waals surface area contributed by atoms with Crippen molar-refractivity contribution in [2.45, 2.75) is 33.7 Å². The predicted octanol–water partition coefficient (Wildman–Crippen LogP) is 2.62. The highest BCUT2D eigenvalue weighted by molar-refractivity contribution is 5.49. The molecule has 1 rings (SSSR count). The summed E-state index contributed by atoms with van der Waals surface area (Å²) in [5.74, 6) is 0. The predicted molar refractivity (Wildman–Crippen MR) is 62.0 cm³/mol. The van der Waals surface area contributed by atoms with E-state index >= 15 is 0 Å². The van der Waals surface area contributed by atoms with Gasteiger partial charge in [-0.3, -0.25) is 0 Å². The molecular weight excluding hydrogens is 172 g/mol. The van der Waals surface area contributed by atoms with Crippen LogP contribution in [0.3, 0.4) is 0 Å². The van der Waals surface area contributed by atoms with Crippen LogP contribution in [0.2, 0.25) is 0 Å². The molecule has 0 aromatic heterocycles. The van der Waals surface area contributed by atoms with Crippen LogP contribution in [-0.4, -0.2) is 0 Å². The zero-order valence-corrected chi connectivity index (χ0v) is 9.46. The van der Waals surface area contributed by atoms with Gasteiger partial charge in [0.15, 0.2) is 0 Å². The molecule has 2 heteroatoms. The van der Waals surface area contributed by atoms with Crippen LogP contribution >= 0.6 is 0 Å². The Bertz CT molecular complexity index is 324. The minimum Gasteiger partial charge on any atom is -0.399 e. The minimum atomic E-state index is 0.0328. The van der Waals surface area contributed by atoms with Gasteiger partial charge in [-0.1, -0.05) is 32.9 Å². The van der Waals surface area contributed by atoms with E-state index in [1.807, 2.05) is 19.1 Å². The largest absolute Gasteiger partial charge is 0.399 e. The summed E-state index contributed by atoms with van der Waals surface area (Å²) in [5, 5.41) is 0. The van der Waals surface area contributed by atoms with Crippen LogP contribution in [0.25, 0.3) is 0 Å². The summed E-state index contributed by atoms with van der Waals surface area (Å²) >= 11 is 0. The van der Waals surface area contributed by atoms with E-state index in [4.69, 9.17) is 11.5 Å². The van der Waals surface area contributed by atoms with Crippen molar-refractivity contribution in [1.82, 2.24) is 0 Å². The molecule has 1 unspecified atom stereocenters. The van der Waals surface area contributed by atoms with Gasteiger partial charge in [-0.2, -0.15) is 0 Å². The Hall–Kier alpha value is -1.02. The Balaban J connectivity index is 3.03. The maximum atomic E-state index is 6.14. The fourth-order valence-corrected chi connectivity index (χ4v) is 1.35. The third-order valence-electron chi connectivity index (χ3n) is 2.60. The highest BCUT2D eigenvalue weighted by Gasteiger charge is 2.22. The van der Waals surface area contributed by atoms with E-state index in [1.165, 1.54) is 0 Å². The Morgan fingerprint density at radius 1 is 1.21 bits per heavy atom. The molecule has 0 aliphatic carbocycles. The molecule has 0 saturated heterocycles. The summed E-state index contributed by atoms with van der Waals surface area (Å²) in [6, 6.07) is 6.09. The first kappa shape index (κ1) is 11.1. The molecule has 0 bridgehead atoms. The van der Waals surface area contributed by atoms with E-state index in [-0.39, 0.29) is 11.5 Å². The van der Waals surface area contributed by atoms with Gasteiger partial charge >= 0.3 is 0 Å². The topological polar surface area (TPSA) is 52.0 Å². The van der Waals surface area contributed by atoms with Gasteiger partial charge in [0.05, 0.1) is 0 Å². The number of nitrogens with two attached hydrogens (primary N) is 2. The fourth-order valence-electron chi connectivity index (χ4n) is 1.35. The van der Waals surface area contributed by atoms with E-state index in [9.17, 15) is 0 Å². The third-order valence-corrected chi connectivity index (χ3v) is 2.60. The average Bonchev–Trinajstić information content (AvgIpc) is 2.07. The number of hydrogen-bond acceptors (Lipinski definition) is 2. The van der Waals surface area contributed by atoms with Gasteiger partial charge in [0.2, 0.25) is 0 Å². The SMILES string of the molecule is Cc1ccc(C(N)C(C)(C)C)cc1N. The second kappa shape index (κ2) is 3.62. The first-order valence-corrected chi connectivity index (χ1v) is 4.94. The maximum Gasteiger partial charge on any atom is 0.0347 e. The van der Waals surface area contributed by atoms with Crippen LogP contribution in [-0.2, 0) is 0 Å². The molecular formula is C12H20N2. The molecule has 2 nitrogen and oxygen atoms in total. The van der Waals surface area contributed by atoms with E-state index in [0.29, 0.717) is 0 Å². The molecule has 0 radical (unpaired) electrons. The van der Waals surface area contributed by atoms with Gasteiger partial charge in [0.1, 0.15) is 0 Å². The lowest BCUT2D eigenvalue weighted by Crippen LogP contribution is -2.26. The van der Waals surface area contributed by atoms with Crippen molar-refractivity contribution in [2.75, 3.05) is 5.73 Å². The molecule has 0 saturated carbocycles. The fraction of sp³-hybridized carbons (Fsp3) is 0.500. The molecule has 0 aliphatic heterocycles. The van der Waals surface area contributed by atoms with Gasteiger partial charge in [0, 0.05) is 11.7 Å². The normalized spacial score (nSPS) is 14.1. The average molecular weight is 192 g/mol. The van der Waals surface area contributed by atoms with Crippen LogP contribution in [0, 0.1) is 12.3 Å². The lowest BCUT2D eigenvalue weighted by atomic mass is 9.83. The maximum absolute atomic E-state index is 6.14. The number of hydrogen-bond donors (Lipinski definition) is 2. The number of aryl methyl sites for hydroxylation is 1. The Kier molecular flexibility index (Phi) is 2.86. The summed E-state index contributed by atoms with van der Waals surface area (Å²) in [4.78, 5) is 0. The highest BCUT2D eigenvalue weighted by Crippen LogP contribution is 2.31. The van der Waals surface area contributed by atoms with E-state index in [1.54, 1.807) is 0 Å². The molecule has 0 aliphatic rings. The number of anilines is 1. The van der Waals surface area contributed by atoms with Gasteiger partial charge in [-0.05, 0) is 29.5 Å². The van der Waals surface area contributed by atoms with E-state index in [2.05, 4.69) is 26.8 Å². The van der Waals surface area contributed by atoms with Gasteiger partial charge in [0.25, 0.3) is 0 Å². The first-order valence-electron chi connectivity index (χ1n) is 4.94. The summed E-state index contributed by atoms with van der Waals surface area (Å²) in [6.07, 6.45) is 0. The molecule has 0 spiro atoms. The van der Waals surface area contributed by atoms with Gasteiger partial charge in [-0.25, -0.2) is 0 Å². The van der Waals surface area contributed by atoms with Crippen molar-refractivity contribution in [2.24, 2.45) is 11.1 Å². The third kappa shape index (κ3) is 2.26. The Morgan fingerprint density at radius 3 is 2.21 bits per heavy atom. The molecule has 4 N–H and O–H groups in total. The van der Waals surface area contributed by atoms with Gasteiger partial charge < -0.3 is 11.5 Å². The molecule has 1 aromatic carbocycles. The lowest BCUT2D eigenvalue weighted by molar-refractivity contribution is 0.327.